The van der Waals surface area contributed by atoms with E-state index in [0.717, 1.165) is 5.56 Å². The molecule has 0 fully saturated rings. The number of ether oxygens (including phenoxy) is 3. The number of amides is 2. The fourth-order valence-corrected chi connectivity index (χ4v) is 2.57. The molecule has 2 amide bonds. The van der Waals surface area contributed by atoms with Crippen LogP contribution in [0, 0.1) is 0 Å². The van der Waals surface area contributed by atoms with Gasteiger partial charge in [0.1, 0.15) is 5.75 Å². The topological polar surface area (TPSA) is 60.0 Å². The zero-order valence-corrected chi connectivity index (χ0v) is 15.7. The Morgan fingerprint density at radius 3 is 2.38 bits per heavy atom. The molecule has 2 aromatic rings. The molecule has 0 spiro atoms. The number of methoxy groups -OCH3 is 2. The SMILES string of the molecule is CCOc1ccc(CN(CC)C(=O)Nc2ccccc2OC)cc1OC. The summed E-state index contributed by atoms with van der Waals surface area (Å²) in [5.41, 5.74) is 1.60. The lowest BCUT2D eigenvalue weighted by Crippen LogP contribution is -2.34. The number of rotatable bonds is 8. The molecular formula is C20H26N2O4. The van der Waals surface area contributed by atoms with Gasteiger partial charge in [0.05, 0.1) is 26.5 Å². The maximum atomic E-state index is 12.6. The Morgan fingerprint density at radius 1 is 1.00 bits per heavy atom. The number of nitrogens with one attached hydrogen (secondary N) is 1. The van der Waals surface area contributed by atoms with Crippen molar-refractivity contribution in [3.63, 3.8) is 0 Å². The Hall–Kier alpha value is -2.89. The molecule has 140 valence electrons. The molecule has 26 heavy (non-hydrogen) atoms. The predicted molar refractivity (Wildman–Crippen MR) is 102 cm³/mol. The van der Waals surface area contributed by atoms with Gasteiger partial charge in [-0.3, -0.25) is 0 Å². The molecule has 0 aromatic heterocycles. The fourth-order valence-electron chi connectivity index (χ4n) is 2.57. The Labute approximate surface area is 154 Å². The van der Waals surface area contributed by atoms with E-state index in [1.165, 1.54) is 0 Å². The van der Waals surface area contributed by atoms with E-state index in [1.54, 1.807) is 19.1 Å². The third-order valence-electron chi connectivity index (χ3n) is 3.92. The first-order chi connectivity index (χ1) is 12.6. The highest BCUT2D eigenvalue weighted by atomic mass is 16.5. The van der Waals surface area contributed by atoms with Gasteiger partial charge >= 0.3 is 6.03 Å². The molecule has 6 nitrogen and oxygen atoms in total. The van der Waals surface area contributed by atoms with Gasteiger partial charge in [-0.2, -0.15) is 0 Å². The van der Waals surface area contributed by atoms with Crippen LogP contribution in [0.4, 0.5) is 10.5 Å². The number of nitrogens with zero attached hydrogens (tertiary/aromatic N) is 1. The smallest absolute Gasteiger partial charge is 0.322 e. The first-order valence-corrected chi connectivity index (χ1v) is 8.61. The second kappa shape index (κ2) is 9.56. The monoisotopic (exact) mass is 358 g/mol. The normalized spacial score (nSPS) is 10.2. The largest absolute Gasteiger partial charge is 0.495 e. The molecule has 1 N–H and O–H groups in total. The molecule has 0 aliphatic carbocycles. The minimum Gasteiger partial charge on any atom is -0.495 e. The van der Waals surface area contributed by atoms with Gasteiger partial charge in [0.2, 0.25) is 0 Å². The summed E-state index contributed by atoms with van der Waals surface area (Å²) in [6.07, 6.45) is 0. The molecule has 0 saturated heterocycles. The van der Waals surface area contributed by atoms with E-state index in [0.29, 0.717) is 42.6 Å². The molecule has 0 bridgehead atoms. The first-order valence-electron chi connectivity index (χ1n) is 8.61. The summed E-state index contributed by atoms with van der Waals surface area (Å²) < 4.78 is 16.2. The second-order valence-electron chi connectivity index (χ2n) is 5.56. The summed E-state index contributed by atoms with van der Waals surface area (Å²) >= 11 is 0. The molecule has 0 atom stereocenters. The van der Waals surface area contributed by atoms with Crippen LogP contribution in [-0.4, -0.2) is 38.3 Å². The molecule has 0 aliphatic heterocycles. The highest BCUT2D eigenvalue weighted by molar-refractivity contribution is 5.90. The van der Waals surface area contributed by atoms with Crippen molar-refractivity contribution in [2.45, 2.75) is 20.4 Å². The van der Waals surface area contributed by atoms with E-state index in [2.05, 4.69) is 5.32 Å². The van der Waals surface area contributed by atoms with Gasteiger partial charge in [-0.15, -0.1) is 0 Å². The third kappa shape index (κ3) is 4.81. The van der Waals surface area contributed by atoms with Gasteiger partial charge in [-0.25, -0.2) is 4.79 Å². The van der Waals surface area contributed by atoms with Crippen molar-refractivity contribution in [3.05, 3.63) is 48.0 Å². The van der Waals surface area contributed by atoms with Crippen LogP contribution < -0.4 is 19.5 Å². The van der Waals surface area contributed by atoms with E-state index in [1.807, 2.05) is 56.3 Å². The molecular weight excluding hydrogens is 332 g/mol. The number of hydrogen-bond donors (Lipinski definition) is 1. The van der Waals surface area contributed by atoms with Crippen LogP contribution >= 0.6 is 0 Å². The van der Waals surface area contributed by atoms with Crippen LogP contribution in [0.2, 0.25) is 0 Å². The van der Waals surface area contributed by atoms with Crippen molar-refractivity contribution in [1.82, 2.24) is 4.90 Å². The van der Waals surface area contributed by atoms with Gasteiger partial charge < -0.3 is 24.4 Å². The number of urea groups is 1. The number of para-hydroxylation sites is 2. The van der Waals surface area contributed by atoms with E-state index in [4.69, 9.17) is 14.2 Å². The highest BCUT2D eigenvalue weighted by Gasteiger charge is 2.15. The summed E-state index contributed by atoms with van der Waals surface area (Å²) in [7, 11) is 3.18. The third-order valence-corrected chi connectivity index (χ3v) is 3.92. The molecule has 0 radical (unpaired) electrons. The lowest BCUT2D eigenvalue weighted by Gasteiger charge is -2.22. The number of carbonyl (C=O) groups is 1. The van der Waals surface area contributed by atoms with Gasteiger partial charge in [0.25, 0.3) is 0 Å². The second-order valence-corrected chi connectivity index (χ2v) is 5.56. The molecule has 0 heterocycles. The number of anilines is 1. The van der Waals surface area contributed by atoms with Crippen molar-refractivity contribution in [2.75, 3.05) is 32.7 Å². The summed E-state index contributed by atoms with van der Waals surface area (Å²) in [5.74, 6) is 1.98. The minimum atomic E-state index is -0.190. The Bertz CT molecular complexity index is 734. The molecule has 0 unspecified atom stereocenters. The molecule has 6 heteroatoms. The van der Waals surface area contributed by atoms with Crippen molar-refractivity contribution in [3.8, 4) is 17.2 Å². The average Bonchev–Trinajstić information content (AvgIpc) is 2.67. The Balaban J connectivity index is 2.12. The lowest BCUT2D eigenvalue weighted by molar-refractivity contribution is 0.212. The summed E-state index contributed by atoms with van der Waals surface area (Å²) in [5, 5.41) is 2.90. The lowest BCUT2D eigenvalue weighted by atomic mass is 10.2. The molecule has 0 saturated carbocycles. The maximum absolute atomic E-state index is 12.6. The van der Waals surface area contributed by atoms with E-state index in [-0.39, 0.29) is 6.03 Å². The maximum Gasteiger partial charge on any atom is 0.322 e. The van der Waals surface area contributed by atoms with Gasteiger partial charge in [0, 0.05) is 13.1 Å². The summed E-state index contributed by atoms with van der Waals surface area (Å²) in [4.78, 5) is 14.4. The van der Waals surface area contributed by atoms with Crippen molar-refractivity contribution >= 4 is 11.7 Å². The number of carbonyl (C=O) groups excluding carboxylic acids is 1. The van der Waals surface area contributed by atoms with Crippen LogP contribution in [0.5, 0.6) is 17.2 Å². The molecule has 0 aliphatic rings. The van der Waals surface area contributed by atoms with E-state index >= 15 is 0 Å². The van der Waals surface area contributed by atoms with E-state index < -0.39 is 0 Å². The van der Waals surface area contributed by atoms with Crippen LogP contribution in [0.25, 0.3) is 0 Å². The van der Waals surface area contributed by atoms with Crippen molar-refractivity contribution in [1.29, 1.82) is 0 Å². The Morgan fingerprint density at radius 2 is 1.73 bits per heavy atom. The van der Waals surface area contributed by atoms with Crippen LogP contribution in [0.15, 0.2) is 42.5 Å². The van der Waals surface area contributed by atoms with Crippen molar-refractivity contribution < 1.29 is 19.0 Å². The summed E-state index contributed by atoms with van der Waals surface area (Å²) in [6.45, 7) is 5.46. The summed E-state index contributed by atoms with van der Waals surface area (Å²) in [6, 6.07) is 12.8. The van der Waals surface area contributed by atoms with Crippen LogP contribution in [0.1, 0.15) is 19.4 Å². The standard InChI is InChI=1S/C20H26N2O4/c1-5-22(20(23)21-16-9-7-8-10-17(16)24-3)14-15-11-12-18(26-6-2)19(13-15)25-4/h7-13H,5-6,14H2,1-4H3,(H,21,23). The molecule has 2 rings (SSSR count). The van der Waals surface area contributed by atoms with Crippen LogP contribution in [-0.2, 0) is 6.54 Å². The van der Waals surface area contributed by atoms with Crippen molar-refractivity contribution in [2.24, 2.45) is 0 Å². The average molecular weight is 358 g/mol. The number of benzene rings is 2. The van der Waals surface area contributed by atoms with Gasteiger partial charge in [-0.05, 0) is 43.7 Å². The first kappa shape index (κ1) is 19.4. The quantitative estimate of drug-likeness (QED) is 0.770. The molecule has 2 aromatic carbocycles. The Kier molecular flexibility index (Phi) is 7.14. The van der Waals surface area contributed by atoms with Gasteiger partial charge in [0.15, 0.2) is 11.5 Å². The predicted octanol–water partition coefficient (Wildman–Crippen LogP) is 4.16. The van der Waals surface area contributed by atoms with Gasteiger partial charge in [-0.1, -0.05) is 18.2 Å². The number of hydrogen-bond acceptors (Lipinski definition) is 4. The fraction of sp³-hybridized carbons (Fsp3) is 0.350. The zero-order valence-electron chi connectivity index (χ0n) is 15.7. The zero-order chi connectivity index (χ0) is 18.9. The van der Waals surface area contributed by atoms with Crippen LogP contribution in [0.3, 0.4) is 0 Å². The minimum absolute atomic E-state index is 0.190. The highest BCUT2D eigenvalue weighted by Crippen LogP contribution is 2.29. The van der Waals surface area contributed by atoms with E-state index in [9.17, 15) is 4.79 Å².